The molecule has 82 valence electrons. The highest BCUT2D eigenvalue weighted by Crippen LogP contribution is 2.49. The lowest BCUT2D eigenvalue weighted by Gasteiger charge is -2.29. The van der Waals surface area contributed by atoms with E-state index in [4.69, 9.17) is 10.5 Å². The second kappa shape index (κ2) is 5.14. The fourth-order valence-electron chi connectivity index (χ4n) is 1.88. The van der Waals surface area contributed by atoms with E-state index in [1.807, 2.05) is 0 Å². The highest BCUT2D eigenvalue weighted by molar-refractivity contribution is 5.01. The molecule has 3 heteroatoms. The van der Waals surface area contributed by atoms with Gasteiger partial charge in [0.1, 0.15) is 0 Å². The number of hydrogen-bond donors (Lipinski definition) is 0. The second-order valence-corrected chi connectivity index (χ2v) is 4.81. The van der Waals surface area contributed by atoms with E-state index >= 15 is 0 Å². The Balaban J connectivity index is 2.45. The van der Waals surface area contributed by atoms with Crippen molar-refractivity contribution in [2.75, 3.05) is 13.1 Å². The molecule has 0 heterocycles. The normalized spacial score (nSPS) is 17.5. The van der Waals surface area contributed by atoms with Gasteiger partial charge in [-0.1, -0.05) is 0 Å². The molecule has 1 rings (SSSR count). The van der Waals surface area contributed by atoms with Crippen molar-refractivity contribution in [2.24, 2.45) is 5.41 Å². The molecule has 0 saturated heterocycles. The zero-order valence-electron chi connectivity index (χ0n) is 9.66. The van der Waals surface area contributed by atoms with Crippen molar-refractivity contribution < 1.29 is 0 Å². The van der Waals surface area contributed by atoms with Crippen molar-refractivity contribution in [3.8, 4) is 12.1 Å². The van der Waals surface area contributed by atoms with Gasteiger partial charge in [0, 0.05) is 32.0 Å². The van der Waals surface area contributed by atoms with E-state index in [-0.39, 0.29) is 5.41 Å². The third-order valence-corrected chi connectivity index (χ3v) is 3.19. The van der Waals surface area contributed by atoms with Gasteiger partial charge in [0.15, 0.2) is 0 Å². The van der Waals surface area contributed by atoms with Gasteiger partial charge in [-0.3, -0.25) is 4.90 Å². The van der Waals surface area contributed by atoms with Crippen molar-refractivity contribution >= 4 is 0 Å². The first-order valence-corrected chi connectivity index (χ1v) is 5.61. The summed E-state index contributed by atoms with van der Waals surface area (Å²) in [6.07, 6.45) is 3.61. The summed E-state index contributed by atoms with van der Waals surface area (Å²) in [5.74, 6) is 0. The lowest BCUT2D eigenvalue weighted by molar-refractivity contribution is 0.182. The highest BCUT2D eigenvalue weighted by Gasteiger charge is 2.43. The van der Waals surface area contributed by atoms with Crippen LogP contribution in [0.15, 0.2) is 0 Å². The largest absolute Gasteiger partial charge is 0.299 e. The van der Waals surface area contributed by atoms with E-state index in [0.717, 1.165) is 13.1 Å². The summed E-state index contributed by atoms with van der Waals surface area (Å²) >= 11 is 0. The molecule has 0 aromatic carbocycles. The molecule has 15 heavy (non-hydrogen) atoms. The van der Waals surface area contributed by atoms with Crippen LogP contribution in [0.1, 0.15) is 39.5 Å². The van der Waals surface area contributed by atoms with Crippen LogP contribution < -0.4 is 0 Å². The van der Waals surface area contributed by atoms with Crippen LogP contribution in [0.2, 0.25) is 0 Å². The summed E-state index contributed by atoms with van der Waals surface area (Å²) in [6.45, 7) is 6.13. The van der Waals surface area contributed by atoms with Gasteiger partial charge in [-0.05, 0) is 32.1 Å². The molecule has 1 aliphatic rings. The molecule has 0 bridgehead atoms. The molecular weight excluding hydrogens is 186 g/mol. The molecule has 0 radical (unpaired) electrons. The van der Waals surface area contributed by atoms with Gasteiger partial charge in [0.05, 0.1) is 12.1 Å². The predicted octanol–water partition coefficient (Wildman–Crippen LogP) is 2.30. The number of nitriles is 2. The lowest BCUT2D eigenvalue weighted by Crippen LogP contribution is -2.36. The summed E-state index contributed by atoms with van der Waals surface area (Å²) < 4.78 is 0. The minimum Gasteiger partial charge on any atom is -0.299 e. The van der Waals surface area contributed by atoms with Crippen LogP contribution in [0.4, 0.5) is 0 Å². The van der Waals surface area contributed by atoms with Crippen molar-refractivity contribution in [2.45, 2.75) is 45.6 Å². The molecule has 0 aliphatic heterocycles. The fraction of sp³-hybridized carbons (Fsp3) is 0.833. The third-order valence-electron chi connectivity index (χ3n) is 3.19. The van der Waals surface area contributed by atoms with Crippen molar-refractivity contribution in [3.05, 3.63) is 0 Å². The van der Waals surface area contributed by atoms with Crippen molar-refractivity contribution in [1.82, 2.24) is 4.90 Å². The molecule has 1 aliphatic carbocycles. The molecule has 0 atom stereocenters. The van der Waals surface area contributed by atoms with Crippen LogP contribution in [-0.4, -0.2) is 24.0 Å². The van der Waals surface area contributed by atoms with Gasteiger partial charge in [-0.2, -0.15) is 10.5 Å². The Morgan fingerprint density at radius 2 is 1.93 bits per heavy atom. The maximum Gasteiger partial charge on any atom is 0.0635 e. The average Bonchev–Trinajstić information content (AvgIpc) is 2.93. The fourth-order valence-corrected chi connectivity index (χ4v) is 1.88. The minimum atomic E-state index is 0.258. The zero-order chi connectivity index (χ0) is 11.3. The first-order valence-electron chi connectivity index (χ1n) is 5.61. The van der Waals surface area contributed by atoms with Crippen LogP contribution >= 0.6 is 0 Å². The lowest BCUT2D eigenvalue weighted by atomic mass is 10.0. The van der Waals surface area contributed by atoms with Crippen LogP contribution in [0.3, 0.4) is 0 Å². The van der Waals surface area contributed by atoms with Gasteiger partial charge in [0.2, 0.25) is 0 Å². The quantitative estimate of drug-likeness (QED) is 0.668. The smallest absolute Gasteiger partial charge is 0.0635 e. The first kappa shape index (κ1) is 12.0. The molecule has 3 nitrogen and oxygen atoms in total. The zero-order valence-corrected chi connectivity index (χ0v) is 9.66. The van der Waals surface area contributed by atoms with Crippen molar-refractivity contribution in [1.29, 1.82) is 10.5 Å². The average molecular weight is 205 g/mol. The SMILES string of the molecule is CC(C)N(CCC#N)CC1(CC#N)CC1. The Bertz CT molecular complexity index is 278. The highest BCUT2D eigenvalue weighted by atomic mass is 15.2. The van der Waals surface area contributed by atoms with Crippen LogP contribution in [0.5, 0.6) is 0 Å². The molecule has 1 fully saturated rings. The van der Waals surface area contributed by atoms with Gasteiger partial charge in [0.25, 0.3) is 0 Å². The summed E-state index contributed by atoms with van der Waals surface area (Å²) in [5, 5.41) is 17.3. The van der Waals surface area contributed by atoms with Crippen LogP contribution in [0.25, 0.3) is 0 Å². The molecule has 0 unspecified atom stereocenters. The Labute approximate surface area is 92.3 Å². The molecule has 1 saturated carbocycles. The summed E-state index contributed by atoms with van der Waals surface area (Å²) in [7, 11) is 0. The Morgan fingerprint density at radius 1 is 1.27 bits per heavy atom. The maximum absolute atomic E-state index is 8.75. The minimum absolute atomic E-state index is 0.258. The third kappa shape index (κ3) is 3.53. The Hall–Kier alpha value is -1.06. The molecule has 0 aromatic rings. The van der Waals surface area contributed by atoms with Gasteiger partial charge in [-0.15, -0.1) is 0 Å². The molecule has 0 aromatic heterocycles. The van der Waals surface area contributed by atoms with Gasteiger partial charge < -0.3 is 0 Å². The van der Waals surface area contributed by atoms with E-state index in [1.165, 1.54) is 12.8 Å². The summed E-state index contributed by atoms with van der Waals surface area (Å²) in [6, 6.07) is 4.93. The maximum atomic E-state index is 8.75. The van der Waals surface area contributed by atoms with Crippen molar-refractivity contribution in [3.63, 3.8) is 0 Å². The van der Waals surface area contributed by atoms with E-state index in [1.54, 1.807) is 0 Å². The van der Waals surface area contributed by atoms with E-state index in [2.05, 4.69) is 30.9 Å². The monoisotopic (exact) mass is 205 g/mol. The summed E-state index contributed by atoms with van der Waals surface area (Å²) in [5.41, 5.74) is 0.258. The standard InChI is InChI=1S/C12H19N3/c1-11(2)15(9-3-7-13)10-12(4-5-12)6-8-14/h11H,3-6,9-10H2,1-2H3. The summed E-state index contributed by atoms with van der Waals surface area (Å²) in [4.78, 5) is 2.33. The van der Waals surface area contributed by atoms with Gasteiger partial charge >= 0.3 is 0 Å². The molecule has 0 amide bonds. The number of hydrogen-bond acceptors (Lipinski definition) is 3. The molecular formula is C12H19N3. The topological polar surface area (TPSA) is 50.8 Å². The van der Waals surface area contributed by atoms with Crippen LogP contribution in [0, 0.1) is 28.1 Å². The Morgan fingerprint density at radius 3 is 2.33 bits per heavy atom. The van der Waals surface area contributed by atoms with E-state index < -0.39 is 0 Å². The first-order chi connectivity index (χ1) is 7.13. The Kier molecular flexibility index (Phi) is 4.12. The van der Waals surface area contributed by atoms with Crippen LogP contribution in [-0.2, 0) is 0 Å². The van der Waals surface area contributed by atoms with Gasteiger partial charge in [-0.25, -0.2) is 0 Å². The van der Waals surface area contributed by atoms with E-state index in [9.17, 15) is 0 Å². The number of rotatable bonds is 6. The predicted molar refractivity (Wildman–Crippen MR) is 58.8 cm³/mol. The number of nitrogens with zero attached hydrogens (tertiary/aromatic N) is 3. The molecule has 0 N–H and O–H groups in total. The molecule has 0 spiro atoms. The second-order valence-electron chi connectivity index (χ2n) is 4.81. The van der Waals surface area contributed by atoms with E-state index in [0.29, 0.717) is 18.9 Å².